The summed E-state index contributed by atoms with van der Waals surface area (Å²) >= 11 is 0. The Morgan fingerprint density at radius 2 is 2.20 bits per heavy atom. The van der Waals surface area contributed by atoms with E-state index in [-0.39, 0.29) is 6.67 Å². The third-order valence-electron chi connectivity index (χ3n) is 0.487. The van der Waals surface area contributed by atoms with Gasteiger partial charge in [0.25, 0.3) is 0 Å². The van der Waals surface area contributed by atoms with Crippen molar-refractivity contribution in [3.63, 3.8) is 0 Å². The van der Waals surface area contributed by atoms with E-state index in [4.69, 9.17) is 0 Å². The molecule has 0 rings (SSSR count). The molecule has 0 N–H and O–H groups in total. The molecule has 0 bridgehead atoms. The van der Waals surface area contributed by atoms with Gasteiger partial charge in [-0.1, -0.05) is 13.3 Å². The second-order valence-electron chi connectivity index (χ2n) is 1.04. The summed E-state index contributed by atoms with van der Waals surface area (Å²) in [5, 5.41) is 0. The summed E-state index contributed by atoms with van der Waals surface area (Å²) in [4.78, 5) is 0. The first kappa shape index (κ1) is 4.93. The molecule has 0 saturated carbocycles. The Kier molecular flexibility index (Phi) is 3.87. The number of hydrogen-bond acceptors (Lipinski definition) is 0. The third kappa shape index (κ3) is 3.93. The Labute approximate surface area is 32.0 Å². The third-order valence-corrected chi connectivity index (χ3v) is 0.487. The largest absolute Gasteiger partial charge is 0.251 e. The summed E-state index contributed by atoms with van der Waals surface area (Å²) in [5.74, 6) is 0. The lowest BCUT2D eigenvalue weighted by Crippen LogP contribution is -1.67. The highest BCUT2D eigenvalue weighted by Crippen LogP contribution is 1.83. The second-order valence-corrected chi connectivity index (χ2v) is 1.04. The zero-order chi connectivity index (χ0) is 4.12. The van der Waals surface area contributed by atoms with Gasteiger partial charge in [-0.2, -0.15) is 0 Å². The average Bonchev–Trinajstić information content (AvgIpc) is 1.41. The minimum absolute atomic E-state index is 0.156. The Morgan fingerprint density at radius 1 is 1.60 bits per heavy atom. The molecule has 0 fully saturated rings. The Bertz CT molecular complexity index is 11.1. The normalized spacial score (nSPS) is 8.40. The maximum atomic E-state index is 11.0. The summed E-state index contributed by atoms with van der Waals surface area (Å²) in [7, 11) is 0. The predicted molar refractivity (Wildman–Crippen MR) is 20.9 cm³/mol. The standard InChI is InChI=1S/C4H9F/c1-2-3-4-5/h2-4H2,1H3/i5-1. The summed E-state index contributed by atoms with van der Waals surface area (Å²) < 4.78 is 11.0. The molecule has 0 aromatic rings. The lowest BCUT2D eigenvalue weighted by atomic mass is 10.4. The van der Waals surface area contributed by atoms with E-state index in [1.807, 2.05) is 6.92 Å². The van der Waals surface area contributed by atoms with Gasteiger partial charge in [0.1, 0.15) is 0 Å². The van der Waals surface area contributed by atoms with Crippen LogP contribution in [0.5, 0.6) is 0 Å². The molecule has 0 atom stereocenters. The molecular formula is C4H9F. The van der Waals surface area contributed by atoms with E-state index in [0.29, 0.717) is 0 Å². The van der Waals surface area contributed by atoms with E-state index in [1.54, 1.807) is 0 Å². The van der Waals surface area contributed by atoms with Crippen molar-refractivity contribution >= 4 is 0 Å². The smallest absolute Gasteiger partial charge is 0.0894 e. The molecule has 0 aromatic heterocycles. The predicted octanol–water partition coefficient (Wildman–Crippen LogP) is 1.76. The van der Waals surface area contributed by atoms with E-state index in [9.17, 15) is 4.39 Å². The fourth-order valence-electron chi connectivity index (χ4n) is 0.134. The number of halogens is 1. The Morgan fingerprint density at radius 3 is 2.20 bits per heavy atom. The van der Waals surface area contributed by atoms with E-state index in [2.05, 4.69) is 0 Å². The van der Waals surface area contributed by atoms with Crippen molar-refractivity contribution in [3.05, 3.63) is 0 Å². The van der Waals surface area contributed by atoms with Gasteiger partial charge in [0.15, 0.2) is 0 Å². The van der Waals surface area contributed by atoms with Crippen LogP contribution in [0.1, 0.15) is 19.8 Å². The van der Waals surface area contributed by atoms with Crippen LogP contribution in [0.4, 0.5) is 4.39 Å². The van der Waals surface area contributed by atoms with Crippen molar-refractivity contribution < 1.29 is 4.39 Å². The van der Waals surface area contributed by atoms with Crippen LogP contribution in [0.2, 0.25) is 0 Å². The fourth-order valence-corrected chi connectivity index (χ4v) is 0.134. The second kappa shape index (κ2) is 3.93. The van der Waals surface area contributed by atoms with Gasteiger partial charge in [-0.3, -0.25) is 4.39 Å². The molecule has 1 heteroatoms. The molecular weight excluding hydrogens is 66.0 g/mol. The molecule has 0 heterocycles. The fraction of sp³-hybridized carbons (Fsp3) is 1.00. The molecule has 5 heavy (non-hydrogen) atoms. The van der Waals surface area contributed by atoms with Crippen molar-refractivity contribution in [3.8, 4) is 0 Å². The van der Waals surface area contributed by atoms with Gasteiger partial charge in [0, 0.05) is 0 Å². The number of rotatable bonds is 2. The van der Waals surface area contributed by atoms with Crippen LogP contribution in [-0.4, -0.2) is 6.67 Å². The van der Waals surface area contributed by atoms with Crippen LogP contribution >= 0.6 is 0 Å². The highest BCUT2D eigenvalue weighted by molar-refractivity contribution is 4.23. The molecule has 0 unspecified atom stereocenters. The van der Waals surface area contributed by atoms with Crippen LogP contribution in [-0.2, 0) is 0 Å². The molecule has 32 valence electrons. The van der Waals surface area contributed by atoms with Crippen LogP contribution in [0.15, 0.2) is 0 Å². The van der Waals surface area contributed by atoms with Gasteiger partial charge in [-0.15, -0.1) is 0 Å². The molecule has 0 aliphatic heterocycles. The lowest BCUT2D eigenvalue weighted by molar-refractivity contribution is 0.469. The first-order valence-electron chi connectivity index (χ1n) is 1.97. The Hall–Kier alpha value is -0.0700. The zero-order valence-electron chi connectivity index (χ0n) is 3.50. The van der Waals surface area contributed by atoms with Gasteiger partial charge >= 0.3 is 0 Å². The van der Waals surface area contributed by atoms with Crippen molar-refractivity contribution in [2.75, 3.05) is 6.67 Å². The first-order valence-corrected chi connectivity index (χ1v) is 1.97. The quantitative estimate of drug-likeness (QED) is 0.469. The number of hydrogen-bond donors (Lipinski definition) is 0. The summed E-state index contributed by atoms with van der Waals surface area (Å²) in [6.07, 6.45) is 1.69. The highest BCUT2D eigenvalue weighted by atomic mass is 18.2. The molecule has 0 saturated heterocycles. The molecule has 0 aliphatic carbocycles. The summed E-state index contributed by atoms with van der Waals surface area (Å²) in [6.45, 7) is 1.82. The van der Waals surface area contributed by atoms with Gasteiger partial charge in [-0.25, -0.2) is 0 Å². The molecule has 0 nitrogen and oxygen atoms in total. The number of unbranched alkanes of at least 4 members (excludes halogenated alkanes) is 1. The van der Waals surface area contributed by atoms with Crippen LogP contribution < -0.4 is 0 Å². The topological polar surface area (TPSA) is 0 Å². The summed E-state index contributed by atoms with van der Waals surface area (Å²) in [5.41, 5.74) is 0. The van der Waals surface area contributed by atoms with E-state index in [1.165, 1.54) is 0 Å². The average molecular weight is 75.1 g/mol. The molecule has 0 aromatic carbocycles. The van der Waals surface area contributed by atoms with Gasteiger partial charge in [0.05, 0.1) is 6.67 Å². The van der Waals surface area contributed by atoms with Gasteiger partial charge in [-0.05, 0) is 6.42 Å². The molecule has 0 radical (unpaired) electrons. The van der Waals surface area contributed by atoms with E-state index >= 15 is 0 Å². The maximum absolute atomic E-state index is 11.0. The first-order chi connectivity index (χ1) is 2.41. The van der Waals surface area contributed by atoms with Crippen LogP contribution in [0, 0.1) is 0 Å². The SMILES string of the molecule is CCCC[18F]. The Balaban J connectivity index is 2.19. The van der Waals surface area contributed by atoms with E-state index < -0.39 is 0 Å². The van der Waals surface area contributed by atoms with Crippen molar-refractivity contribution in [1.29, 1.82) is 0 Å². The summed E-state index contributed by atoms with van der Waals surface area (Å²) in [6, 6.07) is 0. The molecule has 0 amide bonds. The van der Waals surface area contributed by atoms with Crippen molar-refractivity contribution in [1.82, 2.24) is 0 Å². The van der Waals surface area contributed by atoms with E-state index in [0.717, 1.165) is 12.8 Å². The minimum atomic E-state index is -0.156. The minimum Gasteiger partial charge on any atom is -0.251 e. The highest BCUT2D eigenvalue weighted by Gasteiger charge is 1.71. The molecule has 0 aliphatic rings. The van der Waals surface area contributed by atoms with Gasteiger partial charge < -0.3 is 0 Å². The van der Waals surface area contributed by atoms with Crippen LogP contribution in [0.3, 0.4) is 0 Å². The zero-order valence-corrected chi connectivity index (χ0v) is 3.50. The van der Waals surface area contributed by atoms with Crippen molar-refractivity contribution in [2.45, 2.75) is 19.8 Å². The molecule has 0 spiro atoms. The maximum Gasteiger partial charge on any atom is 0.0894 e. The van der Waals surface area contributed by atoms with Crippen molar-refractivity contribution in [2.24, 2.45) is 0 Å². The lowest BCUT2D eigenvalue weighted by Gasteiger charge is -1.76. The van der Waals surface area contributed by atoms with Gasteiger partial charge in [0.2, 0.25) is 0 Å². The van der Waals surface area contributed by atoms with Crippen LogP contribution in [0.25, 0.3) is 0 Å². The monoisotopic (exact) mass is 75.1 g/mol. The number of alkyl halides is 1.